The molecule has 1 amide bonds. The van der Waals surface area contributed by atoms with Crippen molar-refractivity contribution in [2.24, 2.45) is 10.8 Å². The first kappa shape index (κ1) is 13.7. The fourth-order valence-electron chi connectivity index (χ4n) is 1.79. The lowest BCUT2D eigenvalue weighted by Crippen LogP contribution is -2.17. The van der Waals surface area contributed by atoms with Crippen molar-refractivity contribution in [3.8, 4) is 0 Å². The summed E-state index contributed by atoms with van der Waals surface area (Å²) in [6, 6.07) is 0. The van der Waals surface area contributed by atoms with E-state index in [-0.39, 0.29) is 5.75 Å². The van der Waals surface area contributed by atoms with Gasteiger partial charge in [-0.3, -0.25) is 4.79 Å². The maximum Gasteiger partial charge on any atom is 0.264 e. The van der Waals surface area contributed by atoms with E-state index in [1.54, 1.807) is 0 Å². The molecule has 104 valence electrons. The van der Waals surface area contributed by atoms with Gasteiger partial charge < -0.3 is 11.6 Å². The van der Waals surface area contributed by atoms with Crippen LogP contribution in [-0.2, 0) is 4.79 Å². The average Bonchev–Trinajstić information content (AvgIpc) is 2.76. The van der Waals surface area contributed by atoms with E-state index in [0.29, 0.717) is 11.1 Å². The van der Waals surface area contributed by atoms with Crippen LogP contribution in [0.3, 0.4) is 0 Å². The summed E-state index contributed by atoms with van der Waals surface area (Å²) in [6.07, 6.45) is 5.63. The number of rotatable bonds is 5. The van der Waals surface area contributed by atoms with Crippen LogP contribution >= 0.6 is 11.8 Å². The van der Waals surface area contributed by atoms with Gasteiger partial charge in [-0.2, -0.15) is 5.10 Å². The Morgan fingerprint density at radius 3 is 2.79 bits per heavy atom. The highest BCUT2D eigenvalue weighted by atomic mass is 32.2. The highest BCUT2D eigenvalue weighted by Gasteiger charge is 2.11. The van der Waals surface area contributed by atoms with Gasteiger partial charge in [-0.05, 0) is 25.7 Å². The van der Waals surface area contributed by atoms with Crippen LogP contribution in [0, 0.1) is 0 Å². The number of primary amides is 1. The SMILES string of the molecule is NC(=O)CSc1nnc(NN=C2CCCCC2)n1N. The molecule has 0 aromatic carbocycles. The molecule has 0 aliphatic heterocycles. The van der Waals surface area contributed by atoms with Crippen molar-refractivity contribution in [1.82, 2.24) is 14.9 Å². The second-order valence-electron chi connectivity index (χ2n) is 4.28. The van der Waals surface area contributed by atoms with Gasteiger partial charge in [-0.15, -0.1) is 10.2 Å². The Morgan fingerprint density at radius 2 is 2.11 bits per heavy atom. The molecule has 0 atom stereocenters. The van der Waals surface area contributed by atoms with Crippen LogP contribution in [0.2, 0.25) is 0 Å². The fourth-order valence-corrected chi connectivity index (χ4v) is 2.38. The lowest BCUT2D eigenvalue weighted by atomic mass is 9.99. The second-order valence-corrected chi connectivity index (χ2v) is 5.22. The lowest BCUT2D eigenvalue weighted by molar-refractivity contribution is -0.115. The van der Waals surface area contributed by atoms with Crippen molar-refractivity contribution in [3.05, 3.63) is 0 Å². The maximum absolute atomic E-state index is 10.7. The van der Waals surface area contributed by atoms with Gasteiger partial charge in [0.15, 0.2) is 0 Å². The first-order chi connectivity index (χ1) is 9.16. The van der Waals surface area contributed by atoms with Crippen molar-refractivity contribution in [2.75, 3.05) is 17.0 Å². The molecular formula is C10H17N7OS. The van der Waals surface area contributed by atoms with Crippen molar-refractivity contribution in [3.63, 3.8) is 0 Å². The molecule has 1 aromatic rings. The van der Waals surface area contributed by atoms with E-state index in [4.69, 9.17) is 11.6 Å². The highest BCUT2D eigenvalue weighted by molar-refractivity contribution is 7.99. The predicted octanol–water partition coefficient (Wildman–Crippen LogP) is 0.301. The smallest absolute Gasteiger partial charge is 0.264 e. The molecule has 1 aromatic heterocycles. The standard InChI is InChI=1S/C10H17N7OS/c11-8(18)6-19-10-16-15-9(17(10)12)14-13-7-4-2-1-3-5-7/h1-6,12H2,(H2,11,18)(H,14,15). The number of aromatic nitrogens is 3. The van der Waals surface area contributed by atoms with E-state index in [2.05, 4.69) is 20.7 Å². The van der Waals surface area contributed by atoms with E-state index in [1.165, 1.54) is 23.9 Å². The third-order valence-electron chi connectivity index (χ3n) is 2.75. The van der Waals surface area contributed by atoms with Gasteiger partial charge in [-0.1, -0.05) is 18.2 Å². The molecule has 0 unspecified atom stereocenters. The van der Waals surface area contributed by atoms with Gasteiger partial charge in [0, 0.05) is 5.71 Å². The molecule has 1 aliphatic carbocycles. The summed E-state index contributed by atoms with van der Waals surface area (Å²) in [6.45, 7) is 0. The van der Waals surface area contributed by atoms with Gasteiger partial charge >= 0.3 is 0 Å². The van der Waals surface area contributed by atoms with Crippen LogP contribution in [0.1, 0.15) is 32.1 Å². The number of nitrogen functional groups attached to an aromatic ring is 1. The lowest BCUT2D eigenvalue weighted by Gasteiger charge is -2.11. The Hall–Kier alpha value is -1.77. The number of nitrogens with two attached hydrogens (primary N) is 2. The first-order valence-corrected chi connectivity index (χ1v) is 7.08. The zero-order chi connectivity index (χ0) is 13.7. The number of hydrogen-bond acceptors (Lipinski definition) is 7. The van der Waals surface area contributed by atoms with Gasteiger partial charge in [-0.25, -0.2) is 10.1 Å². The molecule has 8 nitrogen and oxygen atoms in total. The summed E-state index contributed by atoms with van der Waals surface area (Å²) in [5.74, 6) is 5.83. The van der Waals surface area contributed by atoms with Crippen LogP contribution in [0.5, 0.6) is 0 Å². The number of anilines is 1. The van der Waals surface area contributed by atoms with Gasteiger partial charge in [0.05, 0.1) is 5.75 Å². The number of nitrogens with zero attached hydrogens (tertiary/aromatic N) is 4. The summed E-state index contributed by atoms with van der Waals surface area (Å²) in [5.41, 5.74) is 9.00. The summed E-state index contributed by atoms with van der Waals surface area (Å²) >= 11 is 1.14. The number of hydrazone groups is 1. The van der Waals surface area contributed by atoms with Gasteiger partial charge in [0.2, 0.25) is 11.1 Å². The zero-order valence-electron chi connectivity index (χ0n) is 10.5. The van der Waals surface area contributed by atoms with E-state index < -0.39 is 5.91 Å². The van der Waals surface area contributed by atoms with Crippen molar-refractivity contribution >= 4 is 29.3 Å². The zero-order valence-corrected chi connectivity index (χ0v) is 11.3. The largest absolute Gasteiger partial charge is 0.369 e. The fraction of sp³-hybridized carbons (Fsp3) is 0.600. The number of carbonyl (C=O) groups is 1. The van der Waals surface area contributed by atoms with E-state index in [1.807, 2.05) is 0 Å². The summed E-state index contributed by atoms with van der Waals surface area (Å²) < 4.78 is 1.26. The first-order valence-electron chi connectivity index (χ1n) is 6.10. The van der Waals surface area contributed by atoms with E-state index >= 15 is 0 Å². The number of hydrogen-bond donors (Lipinski definition) is 3. The number of nitrogens with one attached hydrogen (secondary N) is 1. The Bertz CT molecular complexity index is 476. The topological polar surface area (TPSA) is 124 Å². The molecule has 0 spiro atoms. The van der Waals surface area contributed by atoms with Gasteiger partial charge in [0.1, 0.15) is 0 Å². The molecule has 5 N–H and O–H groups in total. The quantitative estimate of drug-likeness (QED) is 0.405. The predicted molar refractivity (Wildman–Crippen MR) is 74.2 cm³/mol. The summed E-state index contributed by atoms with van der Waals surface area (Å²) in [5, 5.41) is 12.4. The molecule has 1 fully saturated rings. The average molecular weight is 283 g/mol. The van der Waals surface area contributed by atoms with E-state index in [9.17, 15) is 4.79 Å². The van der Waals surface area contributed by atoms with Gasteiger partial charge in [0.25, 0.3) is 5.95 Å². The Labute approximate surface area is 115 Å². The van der Waals surface area contributed by atoms with Crippen LogP contribution in [0.25, 0.3) is 0 Å². The third kappa shape index (κ3) is 3.85. The molecule has 1 heterocycles. The molecule has 0 saturated heterocycles. The minimum atomic E-state index is -0.426. The minimum Gasteiger partial charge on any atom is -0.369 e. The van der Waals surface area contributed by atoms with Crippen molar-refractivity contribution < 1.29 is 4.79 Å². The highest BCUT2D eigenvalue weighted by Crippen LogP contribution is 2.17. The van der Waals surface area contributed by atoms with Crippen LogP contribution in [-0.4, -0.2) is 32.2 Å². The van der Waals surface area contributed by atoms with Crippen LogP contribution in [0.4, 0.5) is 5.95 Å². The number of carbonyl (C=O) groups excluding carboxylic acids is 1. The molecule has 0 bridgehead atoms. The Balaban J connectivity index is 1.95. The van der Waals surface area contributed by atoms with E-state index in [0.717, 1.165) is 30.3 Å². The maximum atomic E-state index is 10.7. The molecule has 9 heteroatoms. The van der Waals surface area contributed by atoms with Crippen LogP contribution < -0.4 is 17.0 Å². The molecule has 19 heavy (non-hydrogen) atoms. The summed E-state index contributed by atoms with van der Waals surface area (Å²) in [7, 11) is 0. The van der Waals surface area contributed by atoms with Crippen LogP contribution in [0.15, 0.2) is 10.3 Å². The Kier molecular flexibility index (Phi) is 4.61. The second kappa shape index (κ2) is 6.41. The normalized spacial score (nSPS) is 15.3. The monoisotopic (exact) mass is 283 g/mol. The molecule has 2 rings (SSSR count). The van der Waals surface area contributed by atoms with Crippen molar-refractivity contribution in [2.45, 2.75) is 37.3 Å². The molecular weight excluding hydrogens is 266 g/mol. The van der Waals surface area contributed by atoms with Crippen molar-refractivity contribution in [1.29, 1.82) is 0 Å². The number of thioether (sulfide) groups is 1. The Morgan fingerprint density at radius 1 is 1.37 bits per heavy atom. The molecule has 1 saturated carbocycles. The molecule has 1 aliphatic rings. The molecule has 0 radical (unpaired) electrons. The third-order valence-corrected chi connectivity index (χ3v) is 3.72. The number of amides is 1. The minimum absolute atomic E-state index is 0.115. The summed E-state index contributed by atoms with van der Waals surface area (Å²) in [4.78, 5) is 10.7.